The van der Waals surface area contributed by atoms with E-state index in [4.69, 9.17) is 14.9 Å². The number of hydrogen-bond donors (Lipinski definition) is 5. The Morgan fingerprint density at radius 1 is 1.29 bits per heavy atom. The van der Waals surface area contributed by atoms with Gasteiger partial charge in [0.2, 0.25) is 0 Å². The number of thioether (sulfide) groups is 1. The molecule has 0 aromatic carbocycles. The summed E-state index contributed by atoms with van der Waals surface area (Å²) >= 11 is 1.28. The highest BCUT2D eigenvalue weighted by molar-refractivity contribution is 8.14. The molecular formula is C9H16N2O5S. The van der Waals surface area contributed by atoms with Gasteiger partial charge < -0.3 is 30.5 Å². The van der Waals surface area contributed by atoms with E-state index in [1.807, 2.05) is 0 Å². The zero-order valence-corrected chi connectivity index (χ0v) is 9.88. The van der Waals surface area contributed by atoms with Crippen molar-refractivity contribution in [1.29, 1.82) is 0 Å². The number of aliphatic imine (C=N–C) groups is 1. The molecule has 2 aliphatic heterocycles. The lowest BCUT2D eigenvalue weighted by Crippen LogP contribution is -2.59. The van der Waals surface area contributed by atoms with Crippen molar-refractivity contribution in [2.45, 2.75) is 29.8 Å². The van der Waals surface area contributed by atoms with Crippen molar-refractivity contribution in [3.05, 3.63) is 0 Å². The van der Waals surface area contributed by atoms with E-state index in [0.29, 0.717) is 5.17 Å². The Bertz CT molecular complexity index is 303. The predicted octanol–water partition coefficient (Wildman–Crippen LogP) is -2.52. The highest BCUT2D eigenvalue weighted by Crippen LogP contribution is 2.33. The van der Waals surface area contributed by atoms with Crippen molar-refractivity contribution >= 4 is 16.9 Å². The van der Waals surface area contributed by atoms with E-state index in [-0.39, 0.29) is 25.2 Å². The van der Waals surface area contributed by atoms with Gasteiger partial charge in [-0.2, -0.15) is 0 Å². The van der Waals surface area contributed by atoms with Gasteiger partial charge in [0.25, 0.3) is 0 Å². The normalized spacial score (nSPS) is 43.5. The quantitative estimate of drug-likeness (QED) is 0.382. The summed E-state index contributed by atoms with van der Waals surface area (Å²) in [4.78, 5) is 4.06. The molecule has 0 aromatic heterocycles. The Balaban J connectivity index is 2.04. The van der Waals surface area contributed by atoms with Crippen LogP contribution >= 0.6 is 11.8 Å². The van der Waals surface area contributed by atoms with E-state index in [1.165, 1.54) is 11.8 Å². The molecule has 0 aromatic rings. The molecule has 8 heteroatoms. The summed E-state index contributed by atoms with van der Waals surface area (Å²) in [5.74, 6) is 0. The van der Waals surface area contributed by atoms with Crippen LogP contribution < -0.4 is 5.32 Å². The van der Waals surface area contributed by atoms with Crippen molar-refractivity contribution in [2.24, 2.45) is 4.99 Å². The van der Waals surface area contributed by atoms with Gasteiger partial charge in [0.15, 0.2) is 5.17 Å². The summed E-state index contributed by atoms with van der Waals surface area (Å²) in [5.41, 5.74) is -0.386. The predicted molar refractivity (Wildman–Crippen MR) is 61.7 cm³/mol. The molecule has 7 nitrogen and oxygen atoms in total. The molecule has 2 heterocycles. The average Bonchev–Trinajstić information content (AvgIpc) is 2.74. The maximum atomic E-state index is 9.87. The first-order chi connectivity index (χ1) is 8.17. The lowest BCUT2D eigenvalue weighted by atomic mass is 9.98. The first-order valence-electron chi connectivity index (χ1n) is 5.38. The van der Waals surface area contributed by atoms with Crippen molar-refractivity contribution in [3.63, 3.8) is 0 Å². The summed E-state index contributed by atoms with van der Waals surface area (Å²) in [5, 5.41) is 40.7. The molecular weight excluding hydrogens is 248 g/mol. The average molecular weight is 264 g/mol. The third kappa shape index (κ3) is 2.56. The van der Waals surface area contributed by atoms with Gasteiger partial charge in [-0.3, -0.25) is 4.99 Å². The molecule has 98 valence electrons. The van der Waals surface area contributed by atoms with Crippen molar-refractivity contribution < 1.29 is 25.2 Å². The van der Waals surface area contributed by atoms with Gasteiger partial charge in [0, 0.05) is 0 Å². The first-order valence-corrected chi connectivity index (χ1v) is 6.26. The summed E-state index contributed by atoms with van der Waals surface area (Å²) in [6.45, 7) is -0.117. The summed E-state index contributed by atoms with van der Waals surface area (Å²) in [7, 11) is 0. The number of rotatable bonds is 3. The fraction of sp³-hybridized carbons (Fsp3) is 0.889. The Kier molecular flexibility index (Phi) is 4.23. The van der Waals surface area contributed by atoms with Gasteiger partial charge in [-0.15, -0.1) is 0 Å². The van der Waals surface area contributed by atoms with Crippen LogP contribution in [-0.2, 0) is 4.74 Å². The fourth-order valence-corrected chi connectivity index (χ4v) is 3.02. The molecule has 0 bridgehead atoms. The molecule has 5 atom stereocenters. The second-order valence-electron chi connectivity index (χ2n) is 3.91. The number of fused-ring (bicyclic) bond motifs is 1. The van der Waals surface area contributed by atoms with Crippen molar-refractivity contribution in [1.82, 2.24) is 5.32 Å². The van der Waals surface area contributed by atoms with Gasteiger partial charge in [-0.1, -0.05) is 11.8 Å². The summed E-state index contributed by atoms with van der Waals surface area (Å²) in [6, 6.07) is -0.449. The maximum Gasteiger partial charge on any atom is 0.159 e. The zero-order valence-electron chi connectivity index (χ0n) is 9.06. The highest BCUT2D eigenvalue weighted by Gasteiger charge is 2.48. The molecule has 2 fully saturated rings. The van der Waals surface area contributed by atoms with Crippen LogP contribution in [0.4, 0.5) is 0 Å². The van der Waals surface area contributed by atoms with Crippen LogP contribution in [0.5, 0.6) is 0 Å². The third-order valence-electron chi connectivity index (χ3n) is 2.75. The van der Waals surface area contributed by atoms with Crippen LogP contribution in [0.2, 0.25) is 0 Å². The SMILES string of the molecule is OCCN=C1NC2[C@@H](O)[C@H](O)[C@@H](CO)O[C@H]2S1. The number of aliphatic hydroxyl groups is 4. The minimum Gasteiger partial charge on any atom is -0.394 e. The minimum absolute atomic E-state index is 0.0492. The minimum atomic E-state index is -1.12. The molecule has 0 radical (unpaired) electrons. The number of ether oxygens (including phenoxy) is 1. The maximum absolute atomic E-state index is 9.87. The largest absolute Gasteiger partial charge is 0.394 e. The Morgan fingerprint density at radius 3 is 2.71 bits per heavy atom. The summed E-state index contributed by atoms with van der Waals surface area (Å²) < 4.78 is 5.45. The second kappa shape index (κ2) is 5.51. The van der Waals surface area contributed by atoms with Gasteiger partial charge in [0.1, 0.15) is 23.7 Å². The third-order valence-corrected chi connectivity index (χ3v) is 3.86. The van der Waals surface area contributed by atoms with Crippen LogP contribution in [0, 0.1) is 0 Å². The molecule has 2 aliphatic rings. The van der Waals surface area contributed by atoms with Crippen LogP contribution in [0.1, 0.15) is 0 Å². The molecule has 17 heavy (non-hydrogen) atoms. The molecule has 0 aliphatic carbocycles. The Morgan fingerprint density at radius 2 is 2.06 bits per heavy atom. The van der Waals surface area contributed by atoms with Crippen molar-refractivity contribution in [3.8, 4) is 0 Å². The van der Waals surface area contributed by atoms with E-state index in [0.717, 1.165) is 0 Å². The number of hydrogen-bond acceptors (Lipinski definition) is 7. The second-order valence-corrected chi connectivity index (χ2v) is 4.99. The van der Waals surface area contributed by atoms with Gasteiger partial charge in [-0.25, -0.2) is 0 Å². The van der Waals surface area contributed by atoms with Crippen molar-refractivity contribution in [2.75, 3.05) is 19.8 Å². The fourth-order valence-electron chi connectivity index (χ4n) is 1.86. The summed E-state index contributed by atoms with van der Waals surface area (Å²) in [6.07, 6.45) is -2.91. The smallest absolute Gasteiger partial charge is 0.159 e. The number of aliphatic hydroxyl groups excluding tert-OH is 4. The van der Waals surface area contributed by atoms with E-state index >= 15 is 0 Å². The highest BCUT2D eigenvalue weighted by atomic mass is 32.2. The Hall–Kier alpha value is -0.380. The number of nitrogens with zero attached hydrogens (tertiary/aromatic N) is 1. The van der Waals surface area contributed by atoms with Crippen LogP contribution in [0.15, 0.2) is 4.99 Å². The molecule has 2 saturated heterocycles. The van der Waals surface area contributed by atoms with Gasteiger partial charge in [-0.05, 0) is 0 Å². The Labute approximate surface area is 103 Å². The van der Waals surface area contributed by atoms with Gasteiger partial charge >= 0.3 is 0 Å². The molecule has 2 rings (SSSR count). The molecule has 0 saturated carbocycles. The van der Waals surface area contributed by atoms with E-state index in [2.05, 4.69) is 10.3 Å². The van der Waals surface area contributed by atoms with Crippen LogP contribution in [0.25, 0.3) is 0 Å². The lowest BCUT2D eigenvalue weighted by Gasteiger charge is -2.38. The molecule has 0 amide bonds. The van der Waals surface area contributed by atoms with E-state index in [9.17, 15) is 10.2 Å². The lowest BCUT2D eigenvalue weighted by molar-refractivity contribution is -0.167. The van der Waals surface area contributed by atoms with E-state index in [1.54, 1.807) is 0 Å². The van der Waals surface area contributed by atoms with Crippen LogP contribution in [-0.4, -0.2) is 75.1 Å². The molecule has 0 spiro atoms. The number of amidine groups is 1. The standard InChI is InChI=1S/C9H16N2O5S/c12-2-1-10-9-11-5-7(15)6(14)4(3-13)16-8(5)17-9/h4-8,12-15H,1-3H2,(H,10,11)/t4-,5?,6-,7-,8+/m1/s1. The van der Waals surface area contributed by atoms with E-state index < -0.39 is 24.4 Å². The monoisotopic (exact) mass is 264 g/mol. The number of nitrogens with one attached hydrogen (secondary N) is 1. The zero-order chi connectivity index (χ0) is 12.4. The molecule has 5 N–H and O–H groups in total. The van der Waals surface area contributed by atoms with Gasteiger partial charge in [0.05, 0.1) is 25.8 Å². The van der Waals surface area contributed by atoms with Crippen LogP contribution in [0.3, 0.4) is 0 Å². The molecule has 1 unspecified atom stereocenters. The topological polar surface area (TPSA) is 115 Å². The first kappa shape index (κ1) is 13.1.